The van der Waals surface area contributed by atoms with Crippen molar-refractivity contribution in [3.63, 3.8) is 0 Å². The van der Waals surface area contributed by atoms with Crippen molar-refractivity contribution in [1.82, 2.24) is 0 Å². The molecule has 0 heteroatoms. The van der Waals surface area contributed by atoms with Crippen molar-refractivity contribution in [3.05, 3.63) is 25.5 Å². The molecule has 0 fully saturated rings. The molecule has 0 heterocycles. The van der Waals surface area contributed by atoms with E-state index in [2.05, 4.69) is 26.3 Å². The summed E-state index contributed by atoms with van der Waals surface area (Å²) < 4.78 is 0. The van der Waals surface area contributed by atoms with Gasteiger partial charge in [-0.2, -0.15) is 0 Å². The highest BCUT2D eigenvalue weighted by Gasteiger charge is 1.79. The molecule has 0 aromatic rings. The molecule has 2 radical (unpaired) electrons. The van der Waals surface area contributed by atoms with Crippen molar-refractivity contribution in [2.24, 2.45) is 0 Å². The second-order valence-electron chi connectivity index (χ2n) is 1.75. The first kappa shape index (κ1) is 7.74. The molecule has 46 valence electrons. The first-order valence-electron chi connectivity index (χ1n) is 3.17. The van der Waals surface area contributed by atoms with Gasteiger partial charge in [-0.15, -0.1) is 0 Å². The summed E-state index contributed by atoms with van der Waals surface area (Å²) in [4.78, 5) is 0. The van der Waals surface area contributed by atoms with Crippen molar-refractivity contribution in [2.45, 2.75) is 26.2 Å². The van der Waals surface area contributed by atoms with E-state index in [0.29, 0.717) is 0 Å². The van der Waals surface area contributed by atoms with Gasteiger partial charge in [0.15, 0.2) is 0 Å². The number of hydrogen-bond donors (Lipinski definition) is 0. The molecule has 0 N–H and O–H groups in total. The summed E-state index contributed by atoms with van der Waals surface area (Å²) in [6.07, 6.45) is 9.75. The van der Waals surface area contributed by atoms with Crippen molar-refractivity contribution in [2.75, 3.05) is 0 Å². The molecule has 0 amide bonds. The minimum absolute atomic E-state index is 1.15. The molecule has 0 saturated carbocycles. The monoisotopic (exact) mass is 110 g/mol. The van der Waals surface area contributed by atoms with Crippen molar-refractivity contribution in [1.29, 1.82) is 0 Å². The van der Waals surface area contributed by atoms with Gasteiger partial charge < -0.3 is 0 Å². The fourth-order valence-corrected chi connectivity index (χ4v) is 0.536. The van der Waals surface area contributed by atoms with Crippen LogP contribution in [0.3, 0.4) is 0 Å². The van der Waals surface area contributed by atoms with Gasteiger partial charge >= 0.3 is 0 Å². The number of allylic oxidation sites excluding steroid dienone is 2. The summed E-state index contributed by atoms with van der Waals surface area (Å²) in [5.41, 5.74) is 0. The van der Waals surface area contributed by atoms with Crippen LogP contribution in [0, 0.1) is 13.3 Å². The second-order valence-corrected chi connectivity index (χ2v) is 1.75. The zero-order valence-electron chi connectivity index (χ0n) is 5.56. The highest BCUT2D eigenvalue weighted by atomic mass is 13.8. The highest BCUT2D eigenvalue weighted by Crippen LogP contribution is 1.97. The van der Waals surface area contributed by atoms with E-state index in [1.165, 1.54) is 12.8 Å². The first-order chi connectivity index (χ1) is 3.91. The van der Waals surface area contributed by atoms with Gasteiger partial charge in [0.05, 0.1) is 0 Å². The van der Waals surface area contributed by atoms with Crippen LogP contribution in [0.15, 0.2) is 12.2 Å². The predicted octanol–water partition coefficient (Wildman–Crippen LogP) is 2.77. The molecule has 0 nitrogen and oxygen atoms in total. The summed E-state index contributed by atoms with van der Waals surface area (Å²) in [7, 11) is 0. The van der Waals surface area contributed by atoms with E-state index in [0.717, 1.165) is 6.42 Å². The van der Waals surface area contributed by atoms with Gasteiger partial charge in [0, 0.05) is 0 Å². The maximum Gasteiger partial charge on any atom is -0.0316 e. The van der Waals surface area contributed by atoms with Crippen LogP contribution >= 0.6 is 0 Å². The van der Waals surface area contributed by atoms with E-state index in [-0.39, 0.29) is 0 Å². The van der Waals surface area contributed by atoms with E-state index in [1.54, 1.807) is 0 Å². The van der Waals surface area contributed by atoms with Crippen LogP contribution in [0.4, 0.5) is 0 Å². The molecule has 0 atom stereocenters. The molecule has 8 heavy (non-hydrogen) atoms. The van der Waals surface area contributed by atoms with Gasteiger partial charge in [-0.25, -0.2) is 0 Å². The van der Waals surface area contributed by atoms with Crippen LogP contribution in [0.2, 0.25) is 0 Å². The Morgan fingerprint density at radius 2 is 2.12 bits per heavy atom. The largest absolute Gasteiger partial charge is 0.0885 e. The SMILES string of the molecule is [CH2]/C=C/CC[CH]CC. The highest BCUT2D eigenvalue weighted by molar-refractivity contribution is 4.84. The number of hydrogen-bond acceptors (Lipinski definition) is 0. The molecular weight excluding hydrogens is 96.1 g/mol. The van der Waals surface area contributed by atoms with E-state index in [4.69, 9.17) is 0 Å². The Morgan fingerprint density at radius 3 is 2.62 bits per heavy atom. The summed E-state index contributed by atoms with van der Waals surface area (Å²) in [5, 5.41) is 0. The topological polar surface area (TPSA) is 0 Å². The normalized spacial score (nSPS) is 10.8. The fourth-order valence-electron chi connectivity index (χ4n) is 0.536. The molecule has 0 rings (SSSR count). The Balaban J connectivity index is 2.72. The van der Waals surface area contributed by atoms with E-state index in [9.17, 15) is 0 Å². The summed E-state index contributed by atoms with van der Waals surface area (Å²) in [5.74, 6) is 0. The van der Waals surface area contributed by atoms with Gasteiger partial charge in [-0.3, -0.25) is 0 Å². The second kappa shape index (κ2) is 6.74. The lowest BCUT2D eigenvalue weighted by Crippen LogP contribution is -1.70. The van der Waals surface area contributed by atoms with E-state index < -0.39 is 0 Å². The standard InChI is InChI=1S/C8H14/c1-3-5-7-8-6-4-2/h3,5-6H,1,4,7-8H2,2H3/b5-3+. The molecule has 0 aliphatic carbocycles. The lowest BCUT2D eigenvalue weighted by atomic mass is 10.2. The molecule has 0 aliphatic rings. The van der Waals surface area contributed by atoms with Crippen LogP contribution in [0.1, 0.15) is 26.2 Å². The Hall–Kier alpha value is -0.260. The van der Waals surface area contributed by atoms with E-state index in [1.807, 2.05) is 6.08 Å². The molecule has 0 saturated heterocycles. The van der Waals surface area contributed by atoms with Crippen LogP contribution in [-0.4, -0.2) is 0 Å². The third-order valence-electron chi connectivity index (χ3n) is 0.993. The predicted molar refractivity (Wildman–Crippen MR) is 38.3 cm³/mol. The first-order valence-corrected chi connectivity index (χ1v) is 3.17. The minimum atomic E-state index is 1.15. The molecule has 0 aromatic carbocycles. The fraction of sp³-hybridized carbons (Fsp3) is 0.500. The summed E-state index contributed by atoms with van der Waals surface area (Å²) >= 11 is 0. The minimum Gasteiger partial charge on any atom is -0.0885 e. The van der Waals surface area contributed by atoms with Crippen molar-refractivity contribution >= 4 is 0 Å². The molecule has 0 bridgehead atoms. The van der Waals surface area contributed by atoms with Crippen LogP contribution < -0.4 is 0 Å². The van der Waals surface area contributed by atoms with Gasteiger partial charge in [-0.1, -0.05) is 25.5 Å². The zero-order valence-corrected chi connectivity index (χ0v) is 5.56. The third kappa shape index (κ3) is 5.74. The lowest BCUT2D eigenvalue weighted by molar-refractivity contribution is 0.901. The maximum atomic E-state index is 3.59. The maximum absolute atomic E-state index is 3.59. The molecule has 0 aromatic heterocycles. The molecule has 0 spiro atoms. The van der Waals surface area contributed by atoms with Gasteiger partial charge in [0.2, 0.25) is 0 Å². The van der Waals surface area contributed by atoms with Gasteiger partial charge in [-0.05, 0) is 26.2 Å². The average Bonchev–Trinajstić information content (AvgIpc) is 1.81. The van der Waals surface area contributed by atoms with Crippen LogP contribution in [-0.2, 0) is 0 Å². The van der Waals surface area contributed by atoms with Gasteiger partial charge in [0.25, 0.3) is 0 Å². The molecular formula is C8H14. The summed E-state index contributed by atoms with van der Waals surface area (Å²) in [6, 6.07) is 0. The van der Waals surface area contributed by atoms with E-state index >= 15 is 0 Å². The van der Waals surface area contributed by atoms with Crippen molar-refractivity contribution in [3.8, 4) is 0 Å². The van der Waals surface area contributed by atoms with Crippen LogP contribution in [0.25, 0.3) is 0 Å². The Labute approximate surface area is 52.6 Å². The smallest absolute Gasteiger partial charge is 0.0316 e. The summed E-state index contributed by atoms with van der Waals surface area (Å²) in [6.45, 7) is 5.75. The Morgan fingerprint density at radius 1 is 1.38 bits per heavy atom. The van der Waals surface area contributed by atoms with Gasteiger partial charge in [0.1, 0.15) is 0 Å². The Bertz CT molecular complexity index is 53.1. The third-order valence-corrected chi connectivity index (χ3v) is 0.993. The number of unbranched alkanes of at least 4 members (excludes halogenated alkanes) is 3. The van der Waals surface area contributed by atoms with Crippen molar-refractivity contribution < 1.29 is 0 Å². The average molecular weight is 110 g/mol. The quantitative estimate of drug-likeness (QED) is 0.488. The zero-order chi connectivity index (χ0) is 6.24. The lowest BCUT2D eigenvalue weighted by Gasteiger charge is -1.88. The molecule has 0 unspecified atom stereocenters. The number of rotatable bonds is 4. The molecule has 0 aliphatic heterocycles. The van der Waals surface area contributed by atoms with Crippen LogP contribution in [0.5, 0.6) is 0 Å². The Kier molecular flexibility index (Phi) is 6.52.